The van der Waals surface area contributed by atoms with Gasteiger partial charge in [0.15, 0.2) is 0 Å². The number of carbonyl (C=O) groups is 1. The normalized spacial score (nSPS) is 16.8. The second-order valence-corrected chi connectivity index (χ2v) is 7.35. The zero-order valence-electron chi connectivity index (χ0n) is 14.9. The quantitative estimate of drug-likeness (QED) is 0.819. The average molecular weight is 360 g/mol. The number of hydrogen-bond acceptors (Lipinski definition) is 7. The topological polar surface area (TPSA) is 83.0 Å². The van der Waals surface area contributed by atoms with Crippen LogP contribution in [0.15, 0.2) is 11.4 Å². The molecule has 134 valence electrons. The molecule has 1 aliphatic heterocycles. The van der Waals surface area contributed by atoms with Gasteiger partial charge in [0.2, 0.25) is 5.91 Å². The Morgan fingerprint density at radius 3 is 2.88 bits per heavy atom. The maximum atomic E-state index is 12.4. The third kappa shape index (κ3) is 4.52. The van der Waals surface area contributed by atoms with Crippen LogP contribution in [0.4, 0.5) is 5.82 Å². The summed E-state index contributed by atoms with van der Waals surface area (Å²) in [6.45, 7) is 3.40. The molecule has 1 aliphatic rings. The second-order valence-electron chi connectivity index (χ2n) is 6.29. The van der Waals surface area contributed by atoms with Gasteiger partial charge in [-0.15, -0.1) is 11.3 Å². The molecule has 7 nitrogen and oxygen atoms in total. The number of thiazole rings is 1. The minimum absolute atomic E-state index is 0.0375. The zero-order valence-corrected chi connectivity index (χ0v) is 15.7. The van der Waals surface area contributed by atoms with Crippen LogP contribution in [0.2, 0.25) is 0 Å². The summed E-state index contributed by atoms with van der Waals surface area (Å²) in [7, 11) is 3.65. The van der Waals surface area contributed by atoms with Gasteiger partial charge in [0.05, 0.1) is 35.4 Å². The van der Waals surface area contributed by atoms with E-state index in [2.05, 4.69) is 25.6 Å². The number of amides is 1. The van der Waals surface area contributed by atoms with E-state index in [1.165, 1.54) is 0 Å². The number of nitrogens with one attached hydrogen (secondary N) is 2. The molecule has 1 atom stereocenters. The number of likely N-dealkylation sites (N-methyl/N-ethyl adjacent to an activating group) is 1. The van der Waals surface area contributed by atoms with E-state index in [9.17, 15) is 4.79 Å². The Morgan fingerprint density at radius 1 is 1.40 bits per heavy atom. The lowest BCUT2D eigenvalue weighted by Gasteiger charge is -2.18. The van der Waals surface area contributed by atoms with Crippen LogP contribution >= 0.6 is 11.3 Å². The fraction of sp³-hybridized carbons (Fsp3) is 0.529. The third-order valence-electron chi connectivity index (χ3n) is 4.25. The molecule has 25 heavy (non-hydrogen) atoms. The van der Waals surface area contributed by atoms with Crippen LogP contribution in [-0.2, 0) is 17.8 Å². The number of anilines is 1. The van der Waals surface area contributed by atoms with Gasteiger partial charge in [0.1, 0.15) is 11.6 Å². The van der Waals surface area contributed by atoms with Crippen LogP contribution in [0, 0.1) is 6.92 Å². The van der Waals surface area contributed by atoms with Gasteiger partial charge in [-0.1, -0.05) is 0 Å². The van der Waals surface area contributed by atoms with Crippen molar-refractivity contribution in [3.05, 3.63) is 33.7 Å². The highest BCUT2D eigenvalue weighted by Crippen LogP contribution is 2.22. The molecule has 3 heterocycles. The van der Waals surface area contributed by atoms with Crippen LogP contribution in [-0.4, -0.2) is 46.4 Å². The zero-order chi connectivity index (χ0) is 17.8. The summed E-state index contributed by atoms with van der Waals surface area (Å²) in [6, 6.07) is 2.10. The standard InChI is InChI=1S/C17H24N6OS/c1-11-20-13(10-25-11)8-16(24)23(3)9-12-7-15(18-2)22-17(21-12)14-5-4-6-19-14/h7,10,14,19H,4-6,8-9H2,1-3H3,(H,18,21,22). The summed E-state index contributed by atoms with van der Waals surface area (Å²) >= 11 is 1.57. The van der Waals surface area contributed by atoms with Crippen molar-refractivity contribution in [1.29, 1.82) is 0 Å². The number of rotatable bonds is 6. The van der Waals surface area contributed by atoms with Crippen LogP contribution in [0.5, 0.6) is 0 Å². The third-order valence-corrected chi connectivity index (χ3v) is 5.07. The van der Waals surface area contributed by atoms with Crippen molar-refractivity contribution >= 4 is 23.1 Å². The van der Waals surface area contributed by atoms with Gasteiger partial charge < -0.3 is 15.5 Å². The summed E-state index contributed by atoms with van der Waals surface area (Å²) in [5.74, 6) is 1.62. The van der Waals surface area contributed by atoms with E-state index in [4.69, 9.17) is 0 Å². The van der Waals surface area contributed by atoms with E-state index in [1.807, 2.05) is 25.4 Å². The Bertz CT molecular complexity index is 740. The first-order valence-corrected chi connectivity index (χ1v) is 9.37. The molecule has 2 N–H and O–H groups in total. The lowest BCUT2D eigenvalue weighted by atomic mass is 10.2. The summed E-state index contributed by atoms with van der Waals surface area (Å²) in [5, 5.41) is 9.43. The van der Waals surface area contributed by atoms with Gasteiger partial charge in [-0.25, -0.2) is 15.0 Å². The highest BCUT2D eigenvalue weighted by Gasteiger charge is 2.21. The van der Waals surface area contributed by atoms with Crippen molar-refractivity contribution in [2.75, 3.05) is 26.0 Å². The second kappa shape index (κ2) is 7.88. The van der Waals surface area contributed by atoms with Crippen LogP contribution in [0.25, 0.3) is 0 Å². The number of hydrogen-bond donors (Lipinski definition) is 2. The van der Waals surface area contributed by atoms with E-state index < -0.39 is 0 Å². The molecule has 0 bridgehead atoms. The van der Waals surface area contributed by atoms with E-state index >= 15 is 0 Å². The van der Waals surface area contributed by atoms with Crippen molar-refractivity contribution in [2.24, 2.45) is 0 Å². The molecule has 1 amide bonds. The Balaban J connectivity index is 1.70. The van der Waals surface area contributed by atoms with Crippen molar-refractivity contribution in [2.45, 2.75) is 38.8 Å². The smallest absolute Gasteiger partial charge is 0.228 e. The minimum Gasteiger partial charge on any atom is -0.373 e. The van der Waals surface area contributed by atoms with Gasteiger partial charge in [0, 0.05) is 25.5 Å². The Labute approximate surface area is 151 Å². The molecule has 1 saturated heterocycles. The first-order valence-electron chi connectivity index (χ1n) is 8.49. The average Bonchev–Trinajstić information content (AvgIpc) is 3.26. The van der Waals surface area contributed by atoms with Crippen LogP contribution in [0.3, 0.4) is 0 Å². The van der Waals surface area contributed by atoms with Gasteiger partial charge in [-0.05, 0) is 26.3 Å². The number of carbonyl (C=O) groups excluding carboxylic acids is 1. The molecule has 1 fully saturated rings. The summed E-state index contributed by atoms with van der Waals surface area (Å²) in [4.78, 5) is 27.7. The van der Waals surface area contributed by atoms with Crippen molar-refractivity contribution in [1.82, 2.24) is 25.2 Å². The highest BCUT2D eigenvalue weighted by molar-refractivity contribution is 7.09. The van der Waals surface area contributed by atoms with Crippen molar-refractivity contribution in [3.8, 4) is 0 Å². The molecule has 2 aromatic rings. The molecule has 0 aliphatic carbocycles. The van der Waals surface area contributed by atoms with E-state index in [0.717, 1.165) is 47.4 Å². The van der Waals surface area contributed by atoms with Gasteiger partial charge in [-0.2, -0.15) is 0 Å². The van der Waals surface area contributed by atoms with Crippen molar-refractivity contribution < 1.29 is 4.79 Å². The Morgan fingerprint density at radius 2 is 2.24 bits per heavy atom. The molecule has 0 aromatic carbocycles. The first kappa shape index (κ1) is 17.8. The van der Waals surface area contributed by atoms with Crippen LogP contribution in [0.1, 0.15) is 41.1 Å². The van der Waals surface area contributed by atoms with E-state index in [-0.39, 0.29) is 11.9 Å². The van der Waals surface area contributed by atoms with Gasteiger partial charge >= 0.3 is 0 Å². The molecule has 0 saturated carbocycles. The number of nitrogens with zero attached hydrogens (tertiary/aromatic N) is 4. The van der Waals surface area contributed by atoms with E-state index in [0.29, 0.717) is 13.0 Å². The molecule has 3 rings (SSSR count). The number of aryl methyl sites for hydroxylation is 1. The number of aromatic nitrogens is 3. The van der Waals surface area contributed by atoms with Gasteiger partial charge in [0.25, 0.3) is 0 Å². The lowest BCUT2D eigenvalue weighted by Crippen LogP contribution is -2.28. The molecule has 2 aromatic heterocycles. The summed E-state index contributed by atoms with van der Waals surface area (Å²) in [5.41, 5.74) is 1.67. The monoisotopic (exact) mass is 360 g/mol. The molecular weight excluding hydrogens is 336 g/mol. The first-order chi connectivity index (χ1) is 12.0. The SMILES string of the molecule is CNc1cc(CN(C)C(=O)Cc2csc(C)n2)nc(C2CCCN2)n1. The van der Waals surface area contributed by atoms with Crippen molar-refractivity contribution in [3.63, 3.8) is 0 Å². The maximum absolute atomic E-state index is 12.4. The molecule has 0 radical (unpaired) electrons. The van der Waals surface area contributed by atoms with Gasteiger partial charge in [-0.3, -0.25) is 4.79 Å². The highest BCUT2D eigenvalue weighted by atomic mass is 32.1. The summed E-state index contributed by atoms with van der Waals surface area (Å²) in [6.07, 6.45) is 2.50. The minimum atomic E-state index is 0.0375. The molecule has 0 spiro atoms. The molecular formula is C17H24N6OS. The van der Waals surface area contributed by atoms with Crippen LogP contribution < -0.4 is 10.6 Å². The summed E-state index contributed by atoms with van der Waals surface area (Å²) < 4.78 is 0. The Hall–Kier alpha value is -2.06. The fourth-order valence-corrected chi connectivity index (χ4v) is 3.51. The van der Waals surface area contributed by atoms with E-state index in [1.54, 1.807) is 23.3 Å². The largest absolute Gasteiger partial charge is 0.373 e. The Kier molecular flexibility index (Phi) is 5.60. The molecule has 1 unspecified atom stereocenters. The fourth-order valence-electron chi connectivity index (χ4n) is 2.90. The predicted octanol–water partition coefficient (Wildman–Crippen LogP) is 1.91. The lowest BCUT2D eigenvalue weighted by molar-refractivity contribution is -0.129. The maximum Gasteiger partial charge on any atom is 0.228 e. The molecule has 8 heteroatoms. The predicted molar refractivity (Wildman–Crippen MR) is 98.6 cm³/mol.